The Hall–Kier alpha value is 0.606. The second kappa shape index (κ2) is 7.03. The zero-order valence-electron chi connectivity index (χ0n) is 9.58. The van der Waals surface area contributed by atoms with Gasteiger partial charge in [-0.2, -0.15) is 0 Å². The van der Waals surface area contributed by atoms with Gasteiger partial charge in [-0.05, 0) is 31.2 Å². The molecule has 0 saturated carbocycles. The van der Waals surface area contributed by atoms with E-state index in [4.69, 9.17) is 14.5 Å². The quantitative estimate of drug-likeness (QED) is 0.517. The Kier molecular flexibility index (Phi) is 7.32. The van der Waals surface area contributed by atoms with Gasteiger partial charge >= 0.3 is 59.2 Å². The number of ether oxygens (including phenoxy) is 1. The van der Waals surface area contributed by atoms with Crippen molar-refractivity contribution in [2.45, 2.75) is 6.92 Å². The molecule has 0 aliphatic heterocycles. The maximum Gasteiger partial charge on any atom is 1.00 e. The number of phosphoric acid groups is 1. The minimum absolute atomic E-state index is 0. The molecule has 0 saturated heterocycles. The van der Waals surface area contributed by atoms with Crippen LogP contribution in [0.15, 0.2) is 24.3 Å². The van der Waals surface area contributed by atoms with Gasteiger partial charge in [-0.25, -0.2) is 4.57 Å². The predicted octanol–water partition coefficient (Wildman–Crippen LogP) is -1.33. The van der Waals surface area contributed by atoms with Crippen molar-refractivity contribution >= 4 is 7.82 Å². The van der Waals surface area contributed by atoms with Gasteiger partial charge in [0, 0.05) is 0 Å². The third-order valence-corrected chi connectivity index (χ3v) is 1.81. The molecule has 0 radical (unpaired) electrons. The topological polar surface area (TPSA) is 76.0 Å². The van der Waals surface area contributed by atoms with Crippen LogP contribution in [0.3, 0.4) is 0 Å². The van der Waals surface area contributed by atoms with Crippen LogP contribution in [-0.2, 0) is 4.57 Å². The zero-order valence-corrected chi connectivity index (χ0v) is 12.6. The molecule has 0 unspecified atom stereocenters. The van der Waals surface area contributed by atoms with E-state index in [-0.39, 0.29) is 58.6 Å². The smallest absolute Gasteiger partial charge is 1.00 e. The van der Waals surface area contributed by atoms with E-state index in [0.717, 1.165) is 0 Å². The van der Waals surface area contributed by atoms with Crippen molar-refractivity contribution in [2.75, 3.05) is 6.61 Å². The van der Waals surface area contributed by atoms with Crippen molar-refractivity contribution in [1.29, 1.82) is 0 Å². The molecule has 15 heavy (non-hydrogen) atoms. The van der Waals surface area contributed by atoms with E-state index in [1.54, 1.807) is 12.1 Å². The van der Waals surface area contributed by atoms with Crippen LogP contribution >= 0.6 is 7.82 Å². The summed E-state index contributed by atoms with van der Waals surface area (Å²) < 4.78 is 19.9. The van der Waals surface area contributed by atoms with Crippen molar-refractivity contribution in [3.63, 3.8) is 0 Å². The molecule has 0 spiro atoms. The fourth-order valence-corrected chi connectivity index (χ4v) is 1.30. The fraction of sp³-hybridized carbons (Fsp3) is 0.250. The Labute approximate surface area is 132 Å². The maximum atomic E-state index is 10.5. The van der Waals surface area contributed by atoms with Crippen molar-refractivity contribution < 1.29 is 76.4 Å². The second-order valence-electron chi connectivity index (χ2n) is 2.49. The predicted molar refractivity (Wildman–Crippen MR) is 51.4 cm³/mol. The van der Waals surface area contributed by atoms with Crippen LogP contribution in [0.25, 0.3) is 0 Å². The first-order chi connectivity index (χ1) is 6.51. The van der Waals surface area contributed by atoms with Crippen LogP contribution in [0.4, 0.5) is 0 Å². The summed E-state index contributed by atoms with van der Waals surface area (Å²) in [6.45, 7) is 2.39. The molecule has 5 nitrogen and oxygen atoms in total. The van der Waals surface area contributed by atoms with Crippen LogP contribution in [-0.4, -0.2) is 16.4 Å². The number of rotatable bonds is 4. The van der Waals surface area contributed by atoms with E-state index in [0.29, 0.717) is 12.4 Å². The molecule has 0 aromatic heterocycles. The summed E-state index contributed by atoms with van der Waals surface area (Å²) in [7, 11) is -4.46. The van der Waals surface area contributed by atoms with Gasteiger partial charge < -0.3 is 10.7 Å². The standard InChI is InChI=1S/C8H11O5P.K.H/c1-2-12-7-3-5-8(6-4-7)13-14(9,10)11;;/h3-6H,2H2,1H3,(H2,9,10,11);;/q;+1;-1. The normalized spacial score (nSPS) is 10.3. The van der Waals surface area contributed by atoms with Gasteiger partial charge in [0.2, 0.25) is 0 Å². The number of hydrogen-bond donors (Lipinski definition) is 2. The van der Waals surface area contributed by atoms with E-state index in [1.807, 2.05) is 6.92 Å². The molecule has 0 atom stereocenters. The van der Waals surface area contributed by atoms with Gasteiger partial charge in [0.05, 0.1) is 6.61 Å². The molecule has 2 N–H and O–H groups in total. The molecule has 1 aromatic rings. The van der Waals surface area contributed by atoms with E-state index in [9.17, 15) is 4.57 Å². The third-order valence-electron chi connectivity index (χ3n) is 1.36. The number of hydrogen-bond acceptors (Lipinski definition) is 3. The SMILES string of the molecule is CCOc1ccc(OP(=O)(O)O)cc1.[H-].[K+]. The fourth-order valence-electron chi connectivity index (χ4n) is 0.901. The van der Waals surface area contributed by atoms with Crippen molar-refractivity contribution in [1.82, 2.24) is 0 Å². The molecule has 7 heteroatoms. The van der Waals surface area contributed by atoms with Crippen LogP contribution in [0.2, 0.25) is 0 Å². The average molecular weight is 258 g/mol. The Balaban J connectivity index is 0. The van der Waals surface area contributed by atoms with E-state index in [1.165, 1.54) is 12.1 Å². The van der Waals surface area contributed by atoms with Gasteiger partial charge in [-0.15, -0.1) is 0 Å². The molecule has 80 valence electrons. The van der Waals surface area contributed by atoms with E-state index in [2.05, 4.69) is 4.52 Å². The summed E-state index contributed by atoms with van der Waals surface area (Å²) in [5, 5.41) is 0. The van der Waals surface area contributed by atoms with Gasteiger partial charge in [-0.3, -0.25) is 9.79 Å². The molecule has 1 aromatic carbocycles. The molecule has 0 aliphatic rings. The van der Waals surface area contributed by atoms with Crippen LogP contribution in [0.1, 0.15) is 8.35 Å². The Bertz CT molecular complexity index is 339. The zero-order chi connectivity index (χ0) is 10.6. The van der Waals surface area contributed by atoms with Crippen LogP contribution in [0, 0.1) is 0 Å². The average Bonchev–Trinajstić information content (AvgIpc) is 2.06. The summed E-state index contributed by atoms with van der Waals surface area (Å²) in [5.41, 5.74) is 0. The van der Waals surface area contributed by atoms with Gasteiger partial charge in [-0.1, -0.05) is 0 Å². The van der Waals surface area contributed by atoms with E-state index >= 15 is 0 Å². The van der Waals surface area contributed by atoms with Crippen LogP contribution in [0.5, 0.6) is 11.5 Å². The molecular formula is C8H12KO5P. The summed E-state index contributed by atoms with van der Waals surface area (Å²) in [6.07, 6.45) is 0. The van der Waals surface area contributed by atoms with Gasteiger partial charge in [0.15, 0.2) is 0 Å². The molecule has 1 rings (SSSR count). The Morgan fingerprint density at radius 3 is 2.13 bits per heavy atom. The molecule has 0 fully saturated rings. The van der Waals surface area contributed by atoms with Gasteiger partial charge in [0.25, 0.3) is 0 Å². The van der Waals surface area contributed by atoms with Crippen molar-refractivity contribution in [3.05, 3.63) is 24.3 Å². The monoisotopic (exact) mass is 258 g/mol. The second-order valence-corrected chi connectivity index (χ2v) is 3.65. The number of phosphoric ester groups is 1. The molecule has 0 aliphatic carbocycles. The summed E-state index contributed by atoms with van der Waals surface area (Å²) >= 11 is 0. The summed E-state index contributed by atoms with van der Waals surface area (Å²) in [5.74, 6) is 0.743. The molecular weight excluding hydrogens is 246 g/mol. The van der Waals surface area contributed by atoms with E-state index < -0.39 is 7.82 Å². The Morgan fingerprint density at radius 2 is 1.73 bits per heavy atom. The molecule has 0 bridgehead atoms. The molecule has 0 heterocycles. The number of benzene rings is 1. The minimum Gasteiger partial charge on any atom is -1.00 e. The Morgan fingerprint density at radius 1 is 1.27 bits per heavy atom. The van der Waals surface area contributed by atoms with Crippen LogP contribution < -0.4 is 60.6 Å². The first-order valence-electron chi connectivity index (χ1n) is 3.99. The first-order valence-corrected chi connectivity index (χ1v) is 5.52. The van der Waals surface area contributed by atoms with Gasteiger partial charge in [0.1, 0.15) is 11.5 Å². The van der Waals surface area contributed by atoms with Crippen molar-refractivity contribution in [2.24, 2.45) is 0 Å². The largest absolute Gasteiger partial charge is 1.00 e. The minimum atomic E-state index is -4.46. The molecule has 0 amide bonds. The first kappa shape index (κ1) is 15.6. The van der Waals surface area contributed by atoms with Crippen molar-refractivity contribution in [3.8, 4) is 11.5 Å². The third kappa shape index (κ3) is 6.70. The maximum absolute atomic E-state index is 10.5. The summed E-state index contributed by atoms with van der Waals surface area (Å²) in [4.78, 5) is 17.0. The summed E-state index contributed by atoms with van der Waals surface area (Å²) in [6, 6.07) is 6.02.